The van der Waals surface area contributed by atoms with Crippen LogP contribution in [0.4, 0.5) is 0 Å². The summed E-state index contributed by atoms with van der Waals surface area (Å²) in [6.45, 7) is 3.65. The highest BCUT2D eigenvalue weighted by Crippen LogP contribution is 2.19. The third kappa shape index (κ3) is 3.33. The van der Waals surface area contributed by atoms with Gasteiger partial charge in [0.2, 0.25) is 0 Å². The maximum absolute atomic E-state index is 12.6. The maximum atomic E-state index is 12.6. The van der Waals surface area contributed by atoms with E-state index in [0.29, 0.717) is 17.6 Å². The number of hydrogen-bond donors (Lipinski definition) is 0. The smallest absolute Gasteiger partial charge is 0.254 e. The number of likely N-dealkylation sites (tertiary alicyclic amines) is 1. The fraction of sp³-hybridized carbons (Fsp3) is 0.412. The van der Waals surface area contributed by atoms with E-state index in [1.54, 1.807) is 17.1 Å². The van der Waals surface area contributed by atoms with Gasteiger partial charge in [-0.1, -0.05) is 23.7 Å². The van der Waals surface area contributed by atoms with Gasteiger partial charge < -0.3 is 4.90 Å². The van der Waals surface area contributed by atoms with Crippen LogP contribution in [-0.2, 0) is 6.54 Å². The van der Waals surface area contributed by atoms with Crippen LogP contribution in [0.15, 0.2) is 36.7 Å². The number of aromatic nitrogens is 2. The molecule has 22 heavy (non-hydrogen) atoms. The number of piperidine rings is 1. The Hall–Kier alpha value is -1.81. The number of carbonyl (C=O) groups excluding carboxylic acids is 1. The molecular weight excluding hydrogens is 298 g/mol. The Bertz CT molecular complexity index is 650. The monoisotopic (exact) mass is 317 g/mol. The van der Waals surface area contributed by atoms with Crippen molar-refractivity contribution in [1.29, 1.82) is 0 Å². The van der Waals surface area contributed by atoms with Crippen molar-refractivity contribution in [1.82, 2.24) is 14.7 Å². The lowest BCUT2D eigenvalue weighted by atomic mass is 10.0. The summed E-state index contributed by atoms with van der Waals surface area (Å²) in [6.07, 6.45) is 6.83. The first kappa shape index (κ1) is 15.1. The zero-order chi connectivity index (χ0) is 15.5. The van der Waals surface area contributed by atoms with Gasteiger partial charge >= 0.3 is 0 Å². The van der Waals surface area contributed by atoms with E-state index in [4.69, 9.17) is 11.6 Å². The molecule has 4 nitrogen and oxygen atoms in total. The van der Waals surface area contributed by atoms with E-state index in [9.17, 15) is 4.79 Å². The van der Waals surface area contributed by atoms with E-state index in [2.05, 4.69) is 12.0 Å². The number of rotatable bonds is 3. The highest BCUT2D eigenvalue weighted by atomic mass is 35.5. The summed E-state index contributed by atoms with van der Waals surface area (Å²) in [4.78, 5) is 14.6. The van der Waals surface area contributed by atoms with Crippen molar-refractivity contribution < 1.29 is 4.79 Å². The SMILES string of the molecule is C[C@@H]1CCCCN1C(=O)c1ccc(Cn2cc(Cl)cn2)cc1. The van der Waals surface area contributed by atoms with Gasteiger partial charge in [-0.15, -0.1) is 0 Å². The molecule has 0 spiro atoms. The molecule has 1 atom stereocenters. The van der Waals surface area contributed by atoms with Crippen molar-refractivity contribution in [2.45, 2.75) is 38.8 Å². The first-order valence-electron chi connectivity index (χ1n) is 7.71. The second-order valence-corrected chi connectivity index (χ2v) is 6.33. The van der Waals surface area contributed by atoms with Crippen LogP contribution in [0.1, 0.15) is 42.1 Å². The number of amides is 1. The molecule has 1 aliphatic rings. The predicted octanol–water partition coefficient (Wildman–Crippen LogP) is 3.60. The molecule has 1 aliphatic heterocycles. The van der Waals surface area contributed by atoms with E-state index >= 15 is 0 Å². The van der Waals surface area contributed by atoms with Crippen molar-refractivity contribution in [3.63, 3.8) is 0 Å². The summed E-state index contributed by atoms with van der Waals surface area (Å²) in [5.41, 5.74) is 1.86. The number of benzene rings is 1. The summed E-state index contributed by atoms with van der Waals surface area (Å²) in [6, 6.07) is 8.12. The van der Waals surface area contributed by atoms with E-state index < -0.39 is 0 Å². The van der Waals surface area contributed by atoms with Crippen LogP contribution >= 0.6 is 11.6 Å². The molecule has 1 saturated heterocycles. The largest absolute Gasteiger partial charge is 0.336 e. The lowest BCUT2D eigenvalue weighted by molar-refractivity contribution is 0.0635. The molecule has 1 amide bonds. The zero-order valence-corrected chi connectivity index (χ0v) is 13.5. The molecule has 2 heterocycles. The van der Waals surface area contributed by atoms with E-state index in [1.165, 1.54) is 6.42 Å². The summed E-state index contributed by atoms with van der Waals surface area (Å²) in [5, 5.41) is 4.79. The number of nitrogens with zero attached hydrogens (tertiary/aromatic N) is 3. The van der Waals surface area contributed by atoms with Crippen LogP contribution in [0.2, 0.25) is 5.02 Å². The van der Waals surface area contributed by atoms with Crippen molar-refractivity contribution in [2.24, 2.45) is 0 Å². The molecule has 116 valence electrons. The standard InChI is InChI=1S/C17H20ClN3O/c1-13-4-2-3-9-21(13)17(22)15-7-5-14(6-8-15)11-20-12-16(18)10-19-20/h5-8,10,12-13H,2-4,9,11H2,1H3/t13-/m1/s1. The first-order valence-corrected chi connectivity index (χ1v) is 8.09. The van der Waals surface area contributed by atoms with Gasteiger partial charge in [0.1, 0.15) is 0 Å². The van der Waals surface area contributed by atoms with E-state index in [-0.39, 0.29) is 5.91 Å². The fourth-order valence-corrected chi connectivity index (χ4v) is 3.09. The Morgan fingerprint density at radius 2 is 2.09 bits per heavy atom. The third-order valence-corrected chi connectivity index (χ3v) is 4.41. The highest BCUT2D eigenvalue weighted by molar-refractivity contribution is 6.30. The van der Waals surface area contributed by atoms with Crippen LogP contribution < -0.4 is 0 Å². The van der Waals surface area contributed by atoms with Gasteiger partial charge in [-0.25, -0.2) is 0 Å². The Balaban J connectivity index is 1.69. The van der Waals surface area contributed by atoms with Gasteiger partial charge in [0.15, 0.2) is 0 Å². The van der Waals surface area contributed by atoms with Crippen LogP contribution in [-0.4, -0.2) is 33.2 Å². The molecule has 0 saturated carbocycles. The number of hydrogen-bond acceptors (Lipinski definition) is 2. The van der Waals surface area contributed by atoms with Gasteiger partial charge in [-0.3, -0.25) is 9.48 Å². The third-order valence-electron chi connectivity index (χ3n) is 4.21. The van der Waals surface area contributed by atoms with Gasteiger partial charge in [0.05, 0.1) is 17.8 Å². The molecule has 1 aromatic heterocycles. The fourth-order valence-electron chi connectivity index (χ4n) is 2.93. The van der Waals surface area contributed by atoms with E-state index in [0.717, 1.165) is 30.5 Å². The molecule has 3 rings (SSSR count). The lowest BCUT2D eigenvalue weighted by Crippen LogP contribution is -2.42. The van der Waals surface area contributed by atoms with Gasteiger partial charge in [0, 0.05) is 24.3 Å². The second kappa shape index (κ2) is 6.53. The topological polar surface area (TPSA) is 38.1 Å². The molecular formula is C17H20ClN3O. The summed E-state index contributed by atoms with van der Waals surface area (Å²) in [7, 11) is 0. The van der Waals surface area contributed by atoms with Gasteiger partial charge in [-0.2, -0.15) is 5.10 Å². The number of halogens is 1. The summed E-state index contributed by atoms with van der Waals surface area (Å²) >= 11 is 5.86. The Labute approximate surface area is 135 Å². The molecule has 0 aliphatic carbocycles. The number of carbonyl (C=O) groups is 1. The normalized spacial score (nSPS) is 18.5. The summed E-state index contributed by atoms with van der Waals surface area (Å²) in [5.74, 6) is 0.140. The molecule has 0 unspecified atom stereocenters. The summed E-state index contributed by atoms with van der Waals surface area (Å²) < 4.78 is 1.78. The molecule has 5 heteroatoms. The van der Waals surface area contributed by atoms with Crippen molar-refractivity contribution >= 4 is 17.5 Å². The average molecular weight is 318 g/mol. The second-order valence-electron chi connectivity index (χ2n) is 5.90. The Kier molecular flexibility index (Phi) is 4.48. The average Bonchev–Trinajstić information content (AvgIpc) is 2.93. The minimum atomic E-state index is 0.140. The van der Waals surface area contributed by atoms with Crippen molar-refractivity contribution in [2.75, 3.05) is 6.54 Å². The lowest BCUT2D eigenvalue weighted by Gasteiger charge is -2.33. The zero-order valence-electron chi connectivity index (χ0n) is 12.7. The van der Waals surface area contributed by atoms with Gasteiger partial charge in [0.25, 0.3) is 5.91 Å². The van der Waals surface area contributed by atoms with Crippen LogP contribution in [0.3, 0.4) is 0 Å². The molecule has 1 fully saturated rings. The minimum absolute atomic E-state index is 0.140. The molecule has 0 bridgehead atoms. The first-order chi connectivity index (χ1) is 10.6. The van der Waals surface area contributed by atoms with Crippen LogP contribution in [0.25, 0.3) is 0 Å². The molecule has 0 radical (unpaired) electrons. The Morgan fingerprint density at radius 1 is 1.32 bits per heavy atom. The van der Waals surface area contributed by atoms with Gasteiger partial charge in [-0.05, 0) is 43.9 Å². The molecule has 1 aromatic carbocycles. The molecule has 0 N–H and O–H groups in total. The van der Waals surface area contributed by atoms with Crippen LogP contribution in [0, 0.1) is 0 Å². The van der Waals surface area contributed by atoms with Crippen molar-refractivity contribution in [3.05, 3.63) is 52.8 Å². The van der Waals surface area contributed by atoms with Crippen LogP contribution in [0.5, 0.6) is 0 Å². The maximum Gasteiger partial charge on any atom is 0.254 e. The van der Waals surface area contributed by atoms with Crippen molar-refractivity contribution in [3.8, 4) is 0 Å². The Morgan fingerprint density at radius 3 is 2.73 bits per heavy atom. The quantitative estimate of drug-likeness (QED) is 0.867. The van der Waals surface area contributed by atoms with E-state index in [1.807, 2.05) is 29.2 Å². The minimum Gasteiger partial charge on any atom is -0.336 e. The molecule has 2 aromatic rings. The predicted molar refractivity (Wildman–Crippen MR) is 87.1 cm³/mol. The highest BCUT2D eigenvalue weighted by Gasteiger charge is 2.23.